The molecule has 2 aromatic carbocycles. The predicted molar refractivity (Wildman–Crippen MR) is 104 cm³/mol. The molecule has 1 N–H and O–H groups in total. The lowest BCUT2D eigenvalue weighted by molar-refractivity contribution is 1.20. The molecule has 0 saturated heterocycles. The van der Waals surface area contributed by atoms with Crippen LogP contribution >= 0.6 is 0 Å². The molecule has 2 heterocycles. The molecule has 0 fully saturated rings. The summed E-state index contributed by atoms with van der Waals surface area (Å²) in [4.78, 5) is 15.5. The molecule has 0 atom stereocenters. The van der Waals surface area contributed by atoms with E-state index in [4.69, 9.17) is 0 Å². The normalized spacial score (nSPS) is 11.3. The van der Waals surface area contributed by atoms with Gasteiger partial charge in [-0.3, -0.25) is 9.97 Å². The van der Waals surface area contributed by atoms with Crippen molar-refractivity contribution < 1.29 is 0 Å². The number of nitrogens with zero attached hydrogens (tertiary/aromatic N) is 3. The van der Waals surface area contributed by atoms with Gasteiger partial charge in [0.15, 0.2) is 0 Å². The molecule has 1 aliphatic rings. The van der Waals surface area contributed by atoms with Crippen molar-refractivity contribution in [2.45, 2.75) is 20.3 Å². The number of hydrogen-bond acceptors (Lipinski definition) is 3. The molecule has 2 aromatic heterocycles. The highest BCUT2D eigenvalue weighted by atomic mass is 14.9. The topological polar surface area (TPSA) is 54.5 Å². The van der Waals surface area contributed by atoms with Gasteiger partial charge in [0.1, 0.15) is 5.82 Å². The van der Waals surface area contributed by atoms with Gasteiger partial charge in [-0.05, 0) is 42.5 Å². The molecule has 0 radical (unpaired) electrons. The molecule has 5 rings (SSSR count). The van der Waals surface area contributed by atoms with Crippen molar-refractivity contribution in [1.82, 2.24) is 19.9 Å². The van der Waals surface area contributed by atoms with E-state index in [-0.39, 0.29) is 0 Å². The summed E-state index contributed by atoms with van der Waals surface area (Å²) in [5.41, 5.74) is 8.97. The SMILES string of the molecule is Cc1nc(-c2cccc3c2Cc2ccccc2-3)[nH]c1C.c1cnccn1. The number of nitrogens with one attached hydrogen (secondary N) is 1. The average molecular weight is 340 g/mol. The van der Waals surface area contributed by atoms with Crippen molar-refractivity contribution in [2.24, 2.45) is 0 Å². The summed E-state index contributed by atoms with van der Waals surface area (Å²) in [7, 11) is 0. The Kier molecular flexibility index (Phi) is 4.32. The van der Waals surface area contributed by atoms with E-state index in [1.165, 1.54) is 27.8 Å². The predicted octanol–water partition coefficient (Wildman–Crippen LogP) is 4.74. The van der Waals surface area contributed by atoms with Gasteiger partial charge in [0.05, 0.1) is 5.69 Å². The van der Waals surface area contributed by atoms with Crippen molar-refractivity contribution in [3.8, 4) is 22.5 Å². The van der Waals surface area contributed by atoms with Crippen molar-refractivity contribution in [3.63, 3.8) is 0 Å². The molecule has 128 valence electrons. The summed E-state index contributed by atoms with van der Waals surface area (Å²) >= 11 is 0. The Morgan fingerprint density at radius 1 is 0.769 bits per heavy atom. The van der Waals surface area contributed by atoms with E-state index in [1.807, 2.05) is 6.92 Å². The number of fused-ring (bicyclic) bond motifs is 3. The zero-order chi connectivity index (χ0) is 17.9. The molecule has 4 aromatic rings. The smallest absolute Gasteiger partial charge is 0.138 e. The lowest BCUT2D eigenvalue weighted by atomic mass is 10.0. The summed E-state index contributed by atoms with van der Waals surface area (Å²) in [6, 6.07) is 15.2. The van der Waals surface area contributed by atoms with E-state index in [1.54, 1.807) is 24.8 Å². The fraction of sp³-hybridized carbons (Fsp3) is 0.136. The third kappa shape index (κ3) is 3.02. The fourth-order valence-electron chi connectivity index (χ4n) is 3.31. The van der Waals surface area contributed by atoms with E-state index in [0.717, 1.165) is 23.6 Å². The molecule has 4 nitrogen and oxygen atoms in total. The van der Waals surface area contributed by atoms with Gasteiger partial charge in [-0.15, -0.1) is 0 Å². The molecular formula is C22H20N4. The minimum Gasteiger partial charge on any atom is -0.342 e. The summed E-state index contributed by atoms with van der Waals surface area (Å²) in [6.07, 6.45) is 7.56. The van der Waals surface area contributed by atoms with Crippen LogP contribution in [-0.4, -0.2) is 19.9 Å². The number of imidazole rings is 1. The van der Waals surface area contributed by atoms with Crippen LogP contribution in [-0.2, 0) is 6.42 Å². The first kappa shape index (κ1) is 16.2. The highest BCUT2D eigenvalue weighted by molar-refractivity contribution is 5.83. The highest BCUT2D eigenvalue weighted by Crippen LogP contribution is 2.40. The summed E-state index contributed by atoms with van der Waals surface area (Å²) in [5.74, 6) is 0.990. The lowest BCUT2D eigenvalue weighted by Crippen LogP contribution is -1.89. The Morgan fingerprint density at radius 2 is 1.42 bits per heavy atom. The van der Waals surface area contributed by atoms with E-state index >= 15 is 0 Å². The summed E-state index contributed by atoms with van der Waals surface area (Å²) in [6.45, 7) is 4.12. The molecule has 26 heavy (non-hydrogen) atoms. The molecule has 0 amide bonds. The van der Waals surface area contributed by atoms with Gasteiger partial charge in [0.2, 0.25) is 0 Å². The summed E-state index contributed by atoms with van der Waals surface area (Å²) < 4.78 is 0. The molecule has 0 bridgehead atoms. The zero-order valence-electron chi connectivity index (χ0n) is 14.9. The van der Waals surface area contributed by atoms with Crippen LogP contribution < -0.4 is 0 Å². The first-order valence-corrected chi connectivity index (χ1v) is 8.68. The number of hydrogen-bond donors (Lipinski definition) is 1. The van der Waals surface area contributed by atoms with Gasteiger partial charge in [-0.2, -0.15) is 0 Å². The second-order valence-electron chi connectivity index (χ2n) is 6.36. The Balaban J connectivity index is 0.000000240. The Labute approximate surface area is 153 Å². The van der Waals surface area contributed by atoms with Gasteiger partial charge in [-0.25, -0.2) is 4.98 Å². The van der Waals surface area contributed by atoms with E-state index in [2.05, 4.69) is 69.3 Å². The van der Waals surface area contributed by atoms with Crippen molar-refractivity contribution in [3.05, 3.63) is 89.8 Å². The molecule has 4 heteroatoms. The molecule has 0 spiro atoms. The third-order valence-electron chi connectivity index (χ3n) is 4.71. The van der Waals surface area contributed by atoms with E-state index in [0.29, 0.717) is 0 Å². The first-order valence-electron chi connectivity index (χ1n) is 8.68. The number of aryl methyl sites for hydroxylation is 2. The first-order chi connectivity index (χ1) is 12.7. The lowest BCUT2D eigenvalue weighted by Gasteiger charge is -2.05. The van der Waals surface area contributed by atoms with Gasteiger partial charge in [0, 0.05) is 36.0 Å². The van der Waals surface area contributed by atoms with Crippen LogP contribution in [0.15, 0.2) is 67.3 Å². The second kappa shape index (κ2) is 6.92. The molecule has 0 saturated carbocycles. The number of rotatable bonds is 1. The van der Waals surface area contributed by atoms with Gasteiger partial charge >= 0.3 is 0 Å². The Hall–Kier alpha value is -3.27. The van der Waals surface area contributed by atoms with Crippen LogP contribution in [0.1, 0.15) is 22.5 Å². The number of benzene rings is 2. The minimum absolute atomic E-state index is 0.990. The van der Waals surface area contributed by atoms with Gasteiger partial charge in [-0.1, -0.05) is 42.5 Å². The standard InChI is InChI=1S/C18H16N2.C4H4N2/c1-11-12(2)20-18(19-11)16-9-5-8-15-14-7-4-3-6-13(14)10-17(15)16;1-2-6-4-3-5-1/h3-9H,10H2,1-2H3,(H,19,20);1-4H. The van der Waals surface area contributed by atoms with Gasteiger partial charge in [0.25, 0.3) is 0 Å². The van der Waals surface area contributed by atoms with Crippen LogP contribution in [0.2, 0.25) is 0 Å². The Morgan fingerprint density at radius 3 is 2.08 bits per heavy atom. The van der Waals surface area contributed by atoms with E-state index < -0.39 is 0 Å². The fourth-order valence-corrected chi connectivity index (χ4v) is 3.31. The highest BCUT2D eigenvalue weighted by Gasteiger charge is 2.22. The van der Waals surface area contributed by atoms with Crippen LogP contribution in [0.25, 0.3) is 22.5 Å². The molecular weight excluding hydrogens is 320 g/mol. The molecule has 1 aliphatic carbocycles. The number of H-pyrrole nitrogens is 1. The maximum absolute atomic E-state index is 4.67. The van der Waals surface area contributed by atoms with Crippen LogP contribution in [0.5, 0.6) is 0 Å². The van der Waals surface area contributed by atoms with Crippen molar-refractivity contribution >= 4 is 0 Å². The maximum atomic E-state index is 4.67. The minimum atomic E-state index is 0.990. The van der Waals surface area contributed by atoms with Crippen LogP contribution in [0.4, 0.5) is 0 Å². The largest absolute Gasteiger partial charge is 0.342 e. The quantitative estimate of drug-likeness (QED) is 0.479. The molecule has 0 aliphatic heterocycles. The third-order valence-corrected chi connectivity index (χ3v) is 4.71. The van der Waals surface area contributed by atoms with Gasteiger partial charge < -0.3 is 4.98 Å². The van der Waals surface area contributed by atoms with Crippen LogP contribution in [0, 0.1) is 13.8 Å². The van der Waals surface area contributed by atoms with Crippen molar-refractivity contribution in [2.75, 3.05) is 0 Å². The number of aromatic nitrogens is 4. The maximum Gasteiger partial charge on any atom is 0.138 e. The number of aromatic amines is 1. The average Bonchev–Trinajstić information content (AvgIpc) is 3.23. The molecule has 0 unspecified atom stereocenters. The Bertz CT molecular complexity index is 989. The summed E-state index contributed by atoms with van der Waals surface area (Å²) in [5, 5.41) is 0. The van der Waals surface area contributed by atoms with Crippen molar-refractivity contribution in [1.29, 1.82) is 0 Å². The van der Waals surface area contributed by atoms with E-state index in [9.17, 15) is 0 Å². The zero-order valence-corrected chi connectivity index (χ0v) is 14.9. The van der Waals surface area contributed by atoms with Crippen LogP contribution in [0.3, 0.4) is 0 Å². The second-order valence-corrected chi connectivity index (χ2v) is 6.36. The monoisotopic (exact) mass is 340 g/mol.